The first-order valence-electron chi connectivity index (χ1n) is 8.09. The maximum absolute atomic E-state index is 14.3. The Hall–Kier alpha value is -2.30. The van der Waals surface area contributed by atoms with Crippen molar-refractivity contribution < 1.29 is 21.6 Å². The summed E-state index contributed by atoms with van der Waals surface area (Å²) in [6.07, 6.45) is 3.62. The summed E-state index contributed by atoms with van der Waals surface area (Å²) in [4.78, 5) is 3.52. The Labute approximate surface area is 164 Å². The lowest BCUT2D eigenvalue weighted by molar-refractivity contribution is 0.252. The van der Waals surface area contributed by atoms with Crippen LogP contribution in [0.4, 0.5) is 13.2 Å². The summed E-state index contributed by atoms with van der Waals surface area (Å²) in [5, 5.41) is 2.91. The number of nitrogens with one attached hydrogen (secondary N) is 1. The molecule has 3 aromatic rings. The average molecular weight is 427 g/mol. The van der Waals surface area contributed by atoms with Crippen LogP contribution in [-0.4, -0.2) is 30.2 Å². The van der Waals surface area contributed by atoms with E-state index in [-0.39, 0.29) is 32.8 Å². The molecule has 3 rings (SSSR count). The topological polar surface area (TPSA) is 64.0 Å². The van der Waals surface area contributed by atoms with E-state index in [0.717, 1.165) is 22.4 Å². The Bertz CT molecular complexity index is 1090. The van der Waals surface area contributed by atoms with Crippen LogP contribution in [-0.2, 0) is 16.6 Å². The van der Waals surface area contributed by atoms with E-state index < -0.39 is 21.6 Å². The summed E-state index contributed by atoms with van der Waals surface area (Å²) in [7, 11) is -2.49. The van der Waals surface area contributed by atoms with Crippen LogP contribution in [0.2, 0.25) is 0 Å². The van der Waals surface area contributed by atoms with Crippen molar-refractivity contribution >= 4 is 21.8 Å². The Morgan fingerprint density at radius 1 is 1.21 bits per heavy atom. The van der Waals surface area contributed by atoms with Gasteiger partial charge in [-0.15, -0.1) is 0 Å². The van der Waals surface area contributed by atoms with Gasteiger partial charge in [-0.05, 0) is 36.9 Å². The van der Waals surface area contributed by atoms with Crippen molar-refractivity contribution in [1.29, 1.82) is 0 Å². The number of thioether (sulfide) groups is 1. The highest BCUT2D eigenvalue weighted by atomic mass is 32.2. The van der Waals surface area contributed by atoms with Gasteiger partial charge in [0, 0.05) is 35.6 Å². The normalized spacial score (nSPS) is 11.9. The monoisotopic (exact) mass is 427 g/mol. The molecule has 10 heteroatoms. The summed E-state index contributed by atoms with van der Waals surface area (Å²) < 4.78 is 66.9. The van der Waals surface area contributed by atoms with Crippen LogP contribution >= 0.6 is 11.8 Å². The zero-order valence-corrected chi connectivity index (χ0v) is 16.3. The smallest absolute Gasteiger partial charge is 0.288 e. The molecule has 0 atom stereocenters. The lowest BCUT2D eigenvalue weighted by Crippen LogP contribution is -2.14. The van der Waals surface area contributed by atoms with Gasteiger partial charge in [0.1, 0.15) is 10.7 Å². The molecule has 0 amide bonds. The lowest BCUT2D eigenvalue weighted by atomic mass is 10.1. The molecular formula is C18H16F3N3O2S2. The molecular weight excluding hydrogens is 411 g/mol. The Morgan fingerprint density at radius 3 is 2.64 bits per heavy atom. The first-order valence-corrected chi connectivity index (χ1v) is 10.4. The third kappa shape index (κ3) is 4.23. The van der Waals surface area contributed by atoms with Crippen molar-refractivity contribution in [3.05, 3.63) is 66.4 Å². The first kappa shape index (κ1) is 20.4. The summed E-state index contributed by atoms with van der Waals surface area (Å²) in [5.41, 5.74) is 0.866. The second-order valence-electron chi connectivity index (χ2n) is 5.78. The number of aromatic nitrogens is 2. The molecule has 0 unspecified atom stereocenters. The molecule has 0 aliphatic rings. The summed E-state index contributed by atoms with van der Waals surface area (Å²) in [6.45, 7) is 0.365. The third-order valence-corrected chi connectivity index (χ3v) is 6.16. The predicted molar refractivity (Wildman–Crippen MR) is 101 cm³/mol. The Morgan fingerprint density at radius 2 is 1.96 bits per heavy atom. The number of halogens is 3. The first-order chi connectivity index (χ1) is 13.3. The van der Waals surface area contributed by atoms with Crippen LogP contribution in [0.5, 0.6) is 0 Å². The van der Waals surface area contributed by atoms with E-state index in [2.05, 4.69) is 10.3 Å². The van der Waals surface area contributed by atoms with Crippen molar-refractivity contribution in [2.45, 2.75) is 22.1 Å². The Kier molecular flexibility index (Phi) is 6.11. The zero-order valence-electron chi connectivity index (χ0n) is 14.6. The molecule has 0 aliphatic carbocycles. The van der Waals surface area contributed by atoms with Gasteiger partial charge >= 0.3 is 0 Å². The Balaban J connectivity index is 2.15. The number of nitrogens with zero attached hydrogens (tertiary/aromatic N) is 2. The molecule has 0 spiro atoms. The van der Waals surface area contributed by atoms with Crippen LogP contribution in [0.25, 0.3) is 11.3 Å². The van der Waals surface area contributed by atoms with Crippen molar-refractivity contribution in [2.24, 2.45) is 0 Å². The standard InChI is InChI=1S/C18H16F3N3O2S2/c1-22-8-12-6-17(15-4-2-3-5-16(15)19)24(11-12)28(25,26)14-7-13(9-23-10-14)27-18(20)21/h2-7,9-11,18,22H,8H2,1H3. The number of rotatable bonds is 7. The molecule has 0 aliphatic heterocycles. The fourth-order valence-electron chi connectivity index (χ4n) is 2.68. The van der Waals surface area contributed by atoms with E-state index in [1.807, 2.05) is 0 Å². The molecule has 0 radical (unpaired) electrons. The largest absolute Gasteiger partial charge is 0.316 e. The number of hydrogen-bond donors (Lipinski definition) is 1. The van der Waals surface area contributed by atoms with E-state index in [1.165, 1.54) is 24.4 Å². The fourth-order valence-corrected chi connectivity index (χ4v) is 4.66. The van der Waals surface area contributed by atoms with E-state index in [1.54, 1.807) is 19.2 Å². The van der Waals surface area contributed by atoms with E-state index >= 15 is 0 Å². The molecule has 0 bridgehead atoms. The van der Waals surface area contributed by atoms with Gasteiger partial charge < -0.3 is 5.32 Å². The van der Waals surface area contributed by atoms with Crippen molar-refractivity contribution in [1.82, 2.24) is 14.3 Å². The van der Waals surface area contributed by atoms with Crippen LogP contribution < -0.4 is 5.32 Å². The third-order valence-electron chi connectivity index (χ3n) is 3.84. The van der Waals surface area contributed by atoms with Gasteiger partial charge in [-0.3, -0.25) is 4.98 Å². The minimum absolute atomic E-state index is 0.0196. The van der Waals surface area contributed by atoms with Gasteiger partial charge in [-0.2, -0.15) is 8.78 Å². The van der Waals surface area contributed by atoms with Crippen LogP contribution in [0, 0.1) is 5.82 Å². The van der Waals surface area contributed by atoms with E-state index in [4.69, 9.17) is 0 Å². The van der Waals surface area contributed by atoms with Gasteiger partial charge in [0.2, 0.25) is 0 Å². The summed E-state index contributed by atoms with van der Waals surface area (Å²) in [5.74, 6) is -3.28. The second kappa shape index (κ2) is 8.38. The maximum Gasteiger partial charge on any atom is 0.288 e. The fraction of sp³-hybridized carbons (Fsp3) is 0.167. The van der Waals surface area contributed by atoms with Crippen LogP contribution in [0.1, 0.15) is 5.56 Å². The summed E-state index contributed by atoms with van der Waals surface area (Å²) in [6, 6.07) is 8.50. The number of pyridine rings is 1. The van der Waals surface area contributed by atoms with Crippen molar-refractivity contribution in [2.75, 3.05) is 7.05 Å². The van der Waals surface area contributed by atoms with Gasteiger partial charge in [-0.1, -0.05) is 23.9 Å². The highest BCUT2D eigenvalue weighted by Gasteiger charge is 2.24. The van der Waals surface area contributed by atoms with Gasteiger partial charge in [-0.25, -0.2) is 16.8 Å². The van der Waals surface area contributed by atoms with Crippen LogP contribution in [0.15, 0.2) is 64.8 Å². The van der Waals surface area contributed by atoms with E-state index in [9.17, 15) is 21.6 Å². The van der Waals surface area contributed by atoms with Gasteiger partial charge in [0.25, 0.3) is 15.8 Å². The molecule has 2 heterocycles. The highest BCUT2D eigenvalue weighted by molar-refractivity contribution is 7.99. The molecule has 1 N–H and O–H groups in total. The molecule has 0 fully saturated rings. The van der Waals surface area contributed by atoms with Crippen molar-refractivity contribution in [3.8, 4) is 11.3 Å². The minimum Gasteiger partial charge on any atom is -0.316 e. The molecule has 2 aromatic heterocycles. The number of hydrogen-bond acceptors (Lipinski definition) is 5. The maximum atomic E-state index is 14.3. The molecule has 0 saturated carbocycles. The predicted octanol–water partition coefficient (Wildman–Crippen LogP) is 3.96. The second-order valence-corrected chi connectivity index (χ2v) is 8.66. The quantitative estimate of drug-likeness (QED) is 0.579. The van der Waals surface area contributed by atoms with Crippen LogP contribution in [0.3, 0.4) is 0 Å². The number of benzene rings is 1. The molecule has 1 aromatic carbocycles. The average Bonchev–Trinajstić information content (AvgIpc) is 3.07. The molecule has 148 valence electrons. The molecule has 28 heavy (non-hydrogen) atoms. The molecule has 5 nitrogen and oxygen atoms in total. The zero-order chi connectivity index (χ0) is 20.3. The van der Waals surface area contributed by atoms with E-state index in [0.29, 0.717) is 12.1 Å². The summed E-state index contributed by atoms with van der Waals surface area (Å²) >= 11 is 0.201. The van der Waals surface area contributed by atoms with Gasteiger partial charge in [0.05, 0.1) is 5.69 Å². The SMILES string of the molecule is CNCc1cc(-c2ccccc2F)n(S(=O)(=O)c2cncc(SC(F)F)c2)c1. The lowest BCUT2D eigenvalue weighted by Gasteiger charge is -2.12. The minimum atomic E-state index is -4.19. The van der Waals surface area contributed by atoms with Gasteiger partial charge in [0.15, 0.2) is 0 Å². The highest BCUT2D eigenvalue weighted by Crippen LogP contribution is 2.31. The number of alkyl halides is 2. The van der Waals surface area contributed by atoms with Crippen molar-refractivity contribution in [3.63, 3.8) is 0 Å². The molecule has 0 saturated heterocycles.